The molecule has 0 bridgehead atoms. The fraction of sp³-hybridized carbons (Fsp3) is 0.400. The van der Waals surface area contributed by atoms with Crippen LogP contribution in [0.15, 0.2) is 30.3 Å². The first-order valence-corrected chi connectivity index (χ1v) is 10.8. The average molecular weight is 370 g/mol. The number of aromatic nitrogens is 2. The number of hydrogen-bond donors (Lipinski definition) is 0. The zero-order chi connectivity index (χ0) is 17.2. The van der Waals surface area contributed by atoms with Gasteiger partial charge in [-0.25, -0.2) is 9.97 Å². The molecule has 0 aliphatic carbocycles. The fourth-order valence-corrected chi connectivity index (χ4v) is 5.23. The van der Waals surface area contributed by atoms with Gasteiger partial charge in [-0.15, -0.1) is 11.3 Å². The van der Waals surface area contributed by atoms with Gasteiger partial charge < -0.3 is 4.90 Å². The second-order valence-corrected chi connectivity index (χ2v) is 8.94. The van der Waals surface area contributed by atoms with Gasteiger partial charge in [-0.05, 0) is 31.4 Å². The van der Waals surface area contributed by atoms with Crippen LogP contribution in [0.3, 0.4) is 0 Å². The number of thiophene rings is 1. The molecule has 0 atom stereocenters. The van der Waals surface area contributed by atoms with Gasteiger partial charge in [0.25, 0.3) is 0 Å². The lowest BCUT2D eigenvalue weighted by atomic mass is 10.1. The van der Waals surface area contributed by atoms with Crippen molar-refractivity contribution in [2.45, 2.75) is 26.7 Å². The van der Waals surface area contributed by atoms with Gasteiger partial charge in [0.2, 0.25) is 0 Å². The summed E-state index contributed by atoms with van der Waals surface area (Å²) in [6, 6.07) is 10.6. The first-order valence-electron chi connectivity index (χ1n) is 8.85. The molecule has 1 saturated heterocycles. The highest BCUT2D eigenvalue weighted by Crippen LogP contribution is 2.35. The highest BCUT2D eigenvalue weighted by molar-refractivity contribution is 7.99. The molecule has 0 spiro atoms. The van der Waals surface area contributed by atoms with Gasteiger partial charge in [-0.2, -0.15) is 11.8 Å². The van der Waals surface area contributed by atoms with Crippen molar-refractivity contribution in [1.29, 1.82) is 0 Å². The minimum Gasteiger partial charge on any atom is -0.354 e. The summed E-state index contributed by atoms with van der Waals surface area (Å²) < 4.78 is 0. The lowest BCUT2D eigenvalue weighted by Gasteiger charge is -2.28. The van der Waals surface area contributed by atoms with Crippen LogP contribution in [0.1, 0.15) is 21.8 Å². The molecule has 3 heterocycles. The van der Waals surface area contributed by atoms with Crippen molar-refractivity contribution in [3.05, 3.63) is 52.2 Å². The van der Waals surface area contributed by atoms with Crippen LogP contribution in [0.25, 0.3) is 10.2 Å². The second kappa shape index (κ2) is 7.34. The van der Waals surface area contributed by atoms with Gasteiger partial charge in [-0.3, -0.25) is 0 Å². The summed E-state index contributed by atoms with van der Waals surface area (Å²) in [7, 11) is 0. The standard InChI is InChI=1S/C20H23N3S2/c1-14-15(2)25-20-18(14)19(23-10-12-24-13-11-23)21-17(22-20)9-8-16-6-4-3-5-7-16/h3-7H,8-13H2,1-2H3. The van der Waals surface area contributed by atoms with E-state index in [-0.39, 0.29) is 0 Å². The molecule has 2 aromatic heterocycles. The lowest BCUT2D eigenvalue weighted by Crippen LogP contribution is -2.33. The Bertz CT molecular complexity index is 868. The van der Waals surface area contributed by atoms with Gasteiger partial charge >= 0.3 is 0 Å². The van der Waals surface area contributed by atoms with Crippen molar-refractivity contribution in [2.75, 3.05) is 29.5 Å². The lowest BCUT2D eigenvalue weighted by molar-refractivity contribution is 0.813. The van der Waals surface area contributed by atoms with Crippen LogP contribution in [0.5, 0.6) is 0 Å². The number of aryl methyl sites for hydroxylation is 4. The van der Waals surface area contributed by atoms with E-state index >= 15 is 0 Å². The summed E-state index contributed by atoms with van der Waals surface area (Å²) in [5.74, 6) is 4.51. The Hall–Kier alpha value is -1.59. The Morgan fingerprint density at radius 1 is 1.00 bits per heavy atom. The maximum atomic E-state index is 5.03. The summed E-state index contributed by atoms with van der Waals surface area (Å²) in [6.45, 7) is 6.58. The van der Waals surface area contributed by atoms with Crippen molar-refractivity contribution in [3.63, 3.8) is 0 Å². The molecule has 3 aromatic rings. The molecule has 1 aliphatic heterocycles. The minimum atomic E-state index is 0.894. The highest BCUT2D eigenvalue weighted by atomic mass is 32.2. The predicted molar refractivity (Wildman–Crippen MR) is 110 cm³/mol. The third-order valence-corrected chi connectivity index (χ3v) is 6.89. The Morgan fingerprint density at radius 2 is 1.76 bits per heavy atom. The molecule has 5 heteroatoms. The Balaban J connectivity index is 1.70. The first kappa shape index (κ1) is 16.9. The molecule has 1 aliphatic rings. The number of nitrogens with zero attached hydrogens (tertiary/aromatic N) is 3. The zero-order valence-electron chi connectivity index (χ0n) is 14.8. The van der Waals surface area contributed by atoms with Crippen LogP contribution in [0.4, 0.5) is 5.82 Å². The van der Waals surface area contributed by atoms with Crippen molar-refractivity contribution in [3.8, 4) is 0 Å². The first-order chi connectivity index (χ1) is 12.2. The van der Waals surface area contributed by atoms with Crippen molar-refractivity contribution >= 4 is 39.1 Å². The Morgan fingerprint density at radius 3 is 2.52 bits per heavy atom. The van der Waals surface area contributed by atoms with Crippen molar-refractivity contribution < 1.29 is 0 Å². The van der Waals surface area contributed by atoms with Crippen LogP contribution >= 0.6 is 23.1 Å². The van der Waals surface area contributed by atoms with E-state index in [0.717, 1.165) is 42.4 Å². The van der Waals surface area contributed by atoms with Gasteiger partial charge in [0, 0.05) is 35.9 Å². The number of fused-ring (bicyclic) bond motifs is 1. The maximum absolute atomic E-state index is 5.03. The van der Waals surface area contributed by atoms with Crippen LogP contribution in [-0.4, -0.2) is 34.6 Å². The van der Waals surface area contributed by atoms with E-state index in [2.05, 4.69) is 49.1 Å². The monoisotopic (exact) mass is 369 g/mol. The number of anilines is 1. The quantitative estimate of drug-likeness (QED) is 0.669. The second-order valence-electron chi connectivity index (χ2n) is 6.51. The summed E-state index contributed by atoms with van der Waals surface area (Å²) in [5.41, 5.74) is 2.70. The van der Waals surface area contributed by atoms with Gasteiger partial charge in [-0.1, -0.05) is 30.3 Å². The molecule has 25 heavy (non-hydrogen) atoms. The van der Waals surface area contributed by atoms with E-state index in [4.69, 9.17) is 9.97 Å². The number of thioether (sulfide) groups is 1. The third-order valence-electron chi connectivity index (χ3n) is 4.85. The predicted octanol–water partition coefficient (Wildman–Crippen LogP) is 4.65. The molecule has 3 nitrogen and oxygen atoms in total. The van der Waals surface area contributed by atoms with Crippen molar-refractivity contribution in [2.24, 2.45) is 0 Å². The fourth-order valence-electron chi connectivity index (χ4n) is 3.29. The topological polar surface area (TPSA) is 29.0 Å². The molecule has 4 rings (SSSR count). The summed E-state index contributed by atoms with van der Waals surface area (Å²) in [5, 5.41) is 1.28. The Labute approximate surface area is 157 Å². The summed E-state index contributed by atoms with van der Waals surface area (Å²) in [4.78, 5) is 14.9. The molecular weight excluding hydrogens is 346 g/mol. The SMILES string of the molecule is Cc1sc2nc(CCc3ccccc3)nc(N3CCSCC3)c2c1C. The number of hydrogen-bond acceptors (Lipinski definition) is 5. The molecule has 1 aromatic carbocycles. The Kier molecular flexibility index (Phi) is 4.95. The maximum Gasteiger partial charge on any atom is 0.141 e. The van der Waals surface area contributed by atoms with E-state index in [9.17, 15) is 0 Å². The summed E-state index contributed by atoms with van der Waals surface area (Å²) >= 11 is 3.85. The van der Waals surface area contributed by atoms with Crippen LogP contribution in [0, 0.1) is 13.8 Å². The van der Waals surface area contributed by atoms with E-state index in [1.165, 1.54) is 32.9 Å². The van der Waals surface area contributed by atoms with E-state index in [1.54, 1.807) is 0 Å². The molecule has 130 valence electrons. The number of benzene rings is 1. The van der Waals surface area contributed by atoms with Crippen molar-refractivity contribution in [1.82, 2.24) is 9.97 Å². The molecule has 0 unspecified atom stereocenters. The molecule has 0 saturated carbocycles. The largest absolute Gasteiger partial charge is 0.354 e. The van der Waals surface area contributed by atoms with E-state index in [1.807, 2.05) is 23.1 Å². The van der Waals surface area contributed by atoms with Crippen LogP contribution in [0.2, 0.25) is 0 Å². The normalized spacial score (nSPS) is 15.0. The molecular formula is C20H23N3S2. The zero-order valence-corrected chi connectivity index (χ0v) is 16.4. The molecule has 0 radical (unpaired) electrons. The van der Waals surface area contributed by atoms with Gasteiger partial charge in [0.1, 0.15) is 16.5 Å². The third kappa shape index (κ3) is 3.53. The smallest absolute Gasteiger partial charge is 0.141 e. The molecule has 0 amide bonds. The van der Waals surface area contributed by atoms with Gasteiger partial charge in [0.15, 0.2) is 0 Å². The minimum absolute atomic E-state index is 0.894. The number of rotatable bonds is 4. The average Bonchev–Trinajstić information content (AvgIpc) is 2.95. The van der Waals surface area contributed by atoms with E-state index < -0.39 is 0 Å². The highest BCUT2D eigenvalue weighted by Gasteiger charge is 2.20. The van der Waals surface area contributed by atoms with Crippen LogP contribution < -0.4 is 4.90 Å². The van der Waals surface area contributed by atoms with Gasteiger partial charge in [0.05, 0.1) is 5.39 Å². The molecule has 1 fully saturated rings. The van der Waals surface area contributed by atoms with E-state index in [0.29, 0.717) is 0 Å². The summed E-state index contributed by atoms with van der Waals surface area (Å²) in [6.07, 6.45) is 1.89. The van der Waals surface area contributed by atoms with Crippen LogP contribution in [-0.2, 0) is 12.8 Å². The molecule has 0 N–H and O–H groups in total.